The molecule has 0 amide bonds. The van der Waals surface area contributed by atoms with Crippen LogP contribution in [-0.4, -0.2) is 10.9 Å². The molecule has 3 rings (SSSR count). The summed E-state index contributed by atoms with van der Waals surface area (Å²) in [5.41, 5.74) is 2.09. The molecular weight excluding hydrogens is 259 g/mol. The molecule has 1 aliphatic rings. The van der Waals surface area contributed by atoms with Crippen molar-refractivity contribution in [1.29, 1.82) is 0 Å². The average Bonchev–Trinajstić information content (AvgIpc) is 2.91. The second-order valence-corrected chi connectivity index (χ2v) is 5.31. The molecule has 0 aliphatic carbocycles. The van der Waals surface area contributed by atoms with Crippen molar-refractivity contribution in [2.45, 2.75) is 6.04 Å². The third-order valence-electron chi connectivity index (χ3n) is 2.93. The minimum absolute atomic E-state index is 0.203. The van der Waals surface area contributed by atoms with Crippen LogP contribution in [0, 0.1) is 5.82 Å². The van der Waals surface area contributed by atoms with Crippen LogP contribution < -0.4 is 5.32 Å². The highest BCUT2D eigenvalue weighted by molar-refractivity contribution is 8.14. The fourth-order valence-corrected chi connectivity index (χ4v) is 2.92. The molecule has 0 radical (unpaired) electrons. The first-order valence-corrected chi connectivity index (χ1v) is 7.08. The fraction of sp³-hybridized carbons (Fsp3) is 0.133. The lowest BCUT2D eigenvalue weighted by Gasteiger charge is -2.05. The normalized spacial score (nSPS) is 18.2. The average molecular weight is 272 g/mol. The number of amidine groups is 1. The number of benzene rings is 2. The lowest BCUT2D eigenvalue weighted by atomic mass is 10.1. The van der Waals surface area contributed by atoms with Gasteiger partial charge in [-0.15, -0.1) is 0 Å². The SMILES string of the molecule is Fc1ccc(NC2=NC(c3ccccc3)CS2)cc1. The maximum Gasteiger partial charge on any atom is 0.161 e. The standard InChI is InChI=1S/C15H13FN2S/c16-12-6-8-13(9-7-12)17-15-18-14(10-19-15)11-4-2-1-3-5-11/h1-9,14H,10H2,(H,17,18). The van der Waals surface area contributed by atoms with Crippen molar-refractivity contribution in [1.82, 2.24) is 0 Å². The van der Waals surface area contributed by atoms with Crippen LogP contribution in [0.5, 0.6) is 0 Å². The summed E-state index contributed by atoms with van der Waals surface area (Å²) in [4.78, 5) is 4.65. The lowest BCUT2D eigenvalue weighted by Crippen LogP contribution is -2.04. The van der Waals surface area contributed by atoms with Crippen molar-refractivity contribution in [2.75, 3.05) is 11.1 Å². The Balaban J connectivity index is 1.72. The van der Waals surface area contributed by atoms with Gasteiger partial charge in [0, 0.05) is 11.4 Å². The molecule has 0 spiro atoms. The summed E-state index contributed by atoms with van der Waals surface area (Å²) < 4.78 is 12.8. The number of anilines is 1. The third kappa shape index (κ3) is 2.96. The Bertz CT molecular complexity index is 581. The van der Waals surface area contributed by atoms with Crippen LogP contribution in [-0.2, 0) is 0 Å². The number of halogens is 1. The summed E-state index contributed by atoms with van der Waals surface area (Å²) in [6.45, 7) is 0. The molecule has 0 saturated heterocycles. The molecule has 1 atom stereocenters. The van der Waals surface area contributed by atoms with Gasteiger partial charge in [-0.2, -0.15) is 0 Å². The van der Waals surface area contributed by atoms with Gasteiger partial charge < -0.3 is 5.32 Å². The molecule has 96 valence electrons. The predicted molar refractivity (Wildman–Crippen MR) is 79.1 cm³/mol. The summed E-state index contributed by atoms with van der Waals surface area (Å²) in [7, 11) is 0. The molecule has 1 N–H and O–H groups in total. The second-order valence-electron chi connectivity index (χ2n) is 4.30. The van der Waals surface area contributed by atoms with Crippen molar-refractivity contribution >= 4 is 22.6 Å². The van der Waals surface area contributed by atoms with E-state index in [1.165, 1.54) is 17.7 Å². The van der Waals surface area contributed by atoms with E-state index in [9.17, 15) is 4.39 Å². The zero-order valence-electron chi connectivity index (χ0n) is 10.2. The summed E-state index contributed by atoms with van der Waals surface area (Å²) in [6.07, 6.45) is 0. The zero-order valence-corrected chi connectivity index (χ0v) is 11.0. The van der Waals surface area contributed by atoms with Crippen LogP contribution in [0.3, 0.4) is 0 Å². The summed E-state index contributed by atoms with van der Waals surface area (Å²) in [5.74, 6) is 0.710. The van der Waals surface area contributed by atoms with Gasteiger partial charge in [0.25, 0.3) is 0 Å². The molecule has 0 saturated carbocycles. The first-order valence-electron chi connectivity index (χ1n) is 6.09. The second kappa shape index (κ2) is 5.45. The molecule has 19 heavy (non-hydrogen) atoms. The zero-order chi connectivity index (χ0) is 13.1. The van der Waals surface area contributed by atoms with Gasteiger partial charge in [0.15, 0.2) is 5.17 Å². The van der Waals surface area contributed by atoms with Crippen molar-refractivity contribution in [3.63, 3.8) is 0 Å². The van der Waals surface area contributed by atoms with Crippen LogP contribution in [0.2, 0.25) is 0 Å². The van der Waals surface area contributed by atoms with Crippen LogP contribution >= 0.6 is 11.8 Å². The number of rotatable bonds is 2. The van der Waals surface area contributed by atoms with E-state index < -0.39 is 0 Å². The minimum Gasteiger partial charge on any atom is -0.335 e. The lowest BCUT2D eigenvalue weighted by molar-refractivity contribution is 0.628. The van der Waals surface area contributed by atoms with Gasteiger partial charge >= 0.3 is 0 Å². The van der Waals surface area contributed by atoms with E-state index in [2.05, 4.69) is 22.4 Å². The van der Waals surface area contributed by atoms with Crippen LogP contribution in [0.15, 0.2) is 59.6 Å². The summed E-state index contributed by atoms with van der Waals surface area (Å²) in [5, 5.41) is 4.10. The molecule has 1 aliphatic heterocycles. The summed E-state index contributed by atoms with van der Waals surface area (Å²) in [6, 6.07) is 16.8. The van der Waals surface area contributed by atoms with E-state index in [0.717, 1.165) is 16.6 Å². The smallest absolute Gasteiger partial charge is 0.161 e. The van der Waals surface area contributed by atoms with Crippen molar-refractivity contribution in [3.8, 4) is 0 Å². The first kappa shape index (κ1) is 12.2. The van der Waals surface area contributed by atoms with E-state index >= 15 is 0 Å². The first-order chi connectivity index (χ1) is 9.31. The molecule has 2 aromatic rings. The van der Waals surface area contributed by atoms with E-state index in [-0.39, 0.29) is 11.9 Å². The number of hydrogen-bond donors (Lipinski definition) is 1. The summed E-state index contributed by atoms with van der Waals surface area (Å²) >= 11 is 1.69. The minimum atomic E-state index is -0.228. The number of hydrogen-bond acceptors (Lipinski definition) is 3. The number of thioether (sulfide) groups is 1. The van der Waals surface area contributed by atoms with Crippen molar-refractivity contribution < 1.29 is 4.39 Å². The highest BCUT2D eigenvalue weighted by atomic mass is 32.2. The van der Waals surface area contributed by atoms with Crippen LogP contribution in [0.25, 0.3) is 0 Å². The fourth-order valence-electron chi connectivity index (χ4n) is 1.94. The van der Waals surface area contributed by atoms with E-state index in [1.807, 2.05) is 18.2 Å². The molecular formula is C15H13FN2S. The Morgan fingerprint density at radius 2 is 1.79 bits per heavy atom. The molecule has 4 heteroatoms. The monoisotopic (exact) mass is 272 g/mol. The number of aliphatic imine (C=N–C) groups is 1. The molecule has 1 unspecified atom stereocenters. The maximum atomic E-state index is 12.8. The van der Waals surface area contributed by atoms with Crippen LogP contribution in [0.4, 0.5) is 10.1 Å². The molecule has 2 aromatic carbocycles. The highest BCUT2D eigenvalue weighted by Gasteiger charge is 2.19. The molecule has 1 heterocycles. The maximum absolute atomic E-state index is 12.8. The van der Waals surface area contributed by atoms with E-state index in [0.29, 0.717) is 0 Å². The Morgan fingerprint density at radius 3 is 2.53 bits per heavy atom. The molecule has 2 nitrogen and oxygen atoms in total. The Labute approximate surface area is 115 Å². The van der Waals surface area contributed by atoms with E-state index in [1.54, 1.807) is 23.9 Å². The Hall–Kier alpha value is -1.81. The van der Waals surface area contributed by atoms with Gasteiger partial charge in [-0.25, -0.2) is 4.39 Å². The molecule has 0 aromatic heterocycles. The Kier molecular flexibility index (Phi) is 3.51. The van der Waals surface area contributed by atoms with Crippen LogP contribution in [0.1, 0.15) is 11.6 Å². The third-order valence-corrected chi connectivity index (χ3v) is 3.89. The van der Waals surface area contributed by atoms with Gasteiger partial charge in [-0.1, -0.05) is 42.1 Å². The molecule has 0 fully saturated rings. The predicted octanol–water partition coefficient (Wildman–Crippen LogP) is 4.08. The molecule has 0 bridgehead atoms. The quantitative estimate of drug-likeness (QED) is 0.890. The topological polar surface area (TPSA) is 24.4 Å². The van der Waals surface area contributed by atoms with Gasteiger partial charge in [-0.05, 0) is 29.8 Å². The number of nitrogens with zero attached hydrogens (tertiary/aromatic N) is 1. The number of nitrogens with one attached hydrogen (secondary N) is 1. The van der Waals surface area contributed by atoms with Crippen molar-refractivity contribution in [2.24, 2.45) is 4.99 Å². The highest BCUT2D eigenvalue weighted by Crippen LogP contribution is 2.30. The Morgan fingerprint density at radius 1 is 1.05 bits per heavy atom. The van der Waals surface area contributed by atoms with E-state index in [4.69, 9.17) is 0 Å². The van der Waals surface area contributed by atoms with Gasteiger partial charge in [0.1, 0.15) is 5.82 Å². The van der Waals surface area contributed by atoms with Gasteiger partial charge in [-0.3, -0.25) is 4.99 Å². The van der Waals surface area contributed by atoms with Gasteiger partial charge in [0.05, 0.1) is 6.04 Å². The van der Waals surface area contributed by atoms with Crippen molar-refractivity contribution in [3.05, 3.63) is 66.0 Å². The largest absolute Gasteiger partial charge is 0.335 e. The van der Waals surface area contributed by atoms with Gasteiger partial charge in [0.2, 0.25) is 0 Å².